The zero-order valence-electron chi connectivity index (χ0n) is 14.0. The smallest absolute Gasteiger partial charge is 0.232 e. The minimum absolute atomic E-state index is 0.136. The van der Waals surface area contributed by atoms with E-state index in [1.165, 1.54) is 0 Å². The molecule has 1 aliphatic heterocycles. The summed E-state index contributed by atoms with van der Waals surface area (Å²) in [5.41, 5.74) is -1.43. The van der Waals surface area contributed by atoms with Crippen LogP contribution in [0.1, 0.15) is 40.0 Å². The Morgan fingerprint density at radius 2 is 1.50 bits per heavy atom. The first-order valence-corrected chi connectivity index (χ1v) is 9.07. The van der Waals surface area contributed by atoms with Crippen molar-refractivity contribution < 1.29 is 14.4 Å². The van der Waals surface area contributed by atoms with Crippen molar-refractivity contribution in [2.45, 2.75) is 40.0 Å². The standard InChI is InChI=1S/C18H21IN2O3/c1-16(13(22)20-12-6-4-11(19)5-7-12)8-17(2)10-18(3,9-16)15(24)21-14(17)23/h4-7H,8-10H2,1-3H3,(H,20,22)(H,21,23,24). The SMILES string of the molecule is CC12CC(C)(CC(C)(C(=O)Nc3ccc(I)cc3)C1)C(=O)NC2=O. The summed E-state index contributed by atoms with van der Waals surface area (Å²) in [5, 5.41) is 5.43. The van der Waals surface area contributed by atoms with E-state index in [0.717, 1.165) is 9.26 Å². The van der Waals surface area contributed by atoms with Crippen LogP contribution in [0.3, 0.4) is 0 Å². The molecule has 24 heavy (non-hydrogen) atoms. The van der Waals surface area contributed by atoms with Gasteiger partial charge in [-0.3, -0.25) is 19.7 Å². The summed E-state index contributed by atoms with van der Waals surface area (Å²) >= 11 is 2.21. The van der Waals surface area contributed by atoms with Crippen LogP contribution in [0.15, 0.2) is 24.3 Å². The van der Waals surface area contributed by atoms with E-state index in [-0.39, 0.29) is 17.7 Å². The molecule has 5 nitrogen and oxygen atoms in total. The molecule has 2 atom stereocenters. The van der Waals surface area contributed by atoms with Gasteiger partial charge in [-0.15, -0.1) is 0 Å². The van der Waals surface area contributed by atoms with Gasteiger partial charge >= 0.3 is 0 Å². The molecule has 3 amide bonds. The average molecular weight is 440 g/mol. The Hall–Kier alpha value is -1.44. The number of nitrogens with one attached hydrogen (secondary N) is 2. The maximum Gasteiger partial charge on any atom is 0.232 e. The van der Waals surface area contributed by atoms with Gasteiger partial charge in [-0.1, -0.05) is 20.8 Å². The number of hydrogen-bond donors (Lipinski definition) is 2. The topological polar surface area (TPSA) is 75.3 Å². The molecule has 2 unspecified atom stereocenters. The van der Waals surface area contributed by atoms with Gasteiger partial charge in [0.05, 0.1) is 0 Å². The van der Waals surface area contributed by atoms with Crippen LogP contribution in [0, 0.1) is 19.8 Å². The number of hydrogen-bond acceptors (Lipinski definition) is 3. The number of benzene rings is 1. The molecule has 0 spiro atoms. The summed E-state index contributed by atoms with van der Waals surface area (Å²) in [5.74, 6) is -0.667. The van der Waals surface area contributed by atoms with Crippen LogP contribution in [0.4, 0.5) is 5.69 Å². The van der Waals surface area contributed by atoms with Gasteiger partial charge in [-0.05, 0) is 66.1 Å². The van der Waals surface area contributed by atoms with Gasteiger partial charge in [0.2, 0.25) is 17.7 Å². The Kier molecular flexibility index (Phi) is 4.01. The van der Waals surface area contributed by atoms with Crippen molar-refractivity contribution in [1.82, 2.24) is 5.32 Å². The van der Waals surface area contributed by atoms with Gasteiger partial charge in [0.1, 0.15) is 0 Å². The highest BCUT2D eigenvalue weighted by Crippen LogP contribution is 2.56. The van der Waals surface area contributed by atoms with Crippen molar-refractivity contribution >= 4 is 46.0 Å². The van der Waals surface area contributed by atoms with Crippen LogP contribution >= 0.6 is 22.6 Å². The molecule has 1 saturated carbocycles. The summed E-state index contributed by atoms with van der Waals surface area (Å²) in [4.78, 5) is 37.6. The Labute approximate surface area is 155 Å². The number of piperidine rings is 1. The zero-order chi connectivity index (χ0) is 17.8. The molecule has 1 aromatic rings. The monoisotopic (exact) mass is 440 g/mol. The van der Waals surface area contributed by atoms with E-state index >= 15 is 0 Å². The third-order valence-corrected chi connectivity index (χ3v) is 6.03. The Bertz CT molecular complexity index is 702. The molecule has 0 radical (unpaired) electrons. The number of carbonyl (C=O) groups is 3. The van der Waals surface area contributed by atoms with Crippen LogP contribution in [0.5, 0.6) is 0 Å². The van der Waals surface area contributed by atoms with Crippen molar-refractivity contribution in [2.24, 2.45) is 16.2 Å². The largest absolute Gasteiger partial charge is 0.326 e. The lowest BCUT2D eigenvalue weighted by Gasteiger charge is -2.53. The summed E-state index contributed by atoms with van der Waals surface area (Å²) in [6.07, 6.45) is 1.37. The van der Waals surface area contributed by atoms with Crippen molar-refractivity contribution in [3.63, 3.8) is 0 Å². The van der Waals surface area contributed by atoms with Crippen LogP contribution in [0.2, 0.25) is 0 Å². The van der Waals surface area contributed by atoms with E-state index < -0.39 is 16.2 Å². The predicted octanol–water partition coefficient (Wildman–Crippen LogP) is 3.09. The first-order valence-electron chi connectivity index (χ1n) is 7.99. The number of carbonyl (C=O) groups excluding carboxylic acids is 3. The van der Waals surface area contributed by atoms with E-state index in [2.05, 4.69) is 33.2 Å². The minimum atomic E-state index is -0.766. The van der Waals surface area contributed by atoms with Crippen molar-refractivity contribution in [3.8, 4) is 0 Å². The molecule has 2 bridgehead atoms. The summed E-state index contributed by atoms with van der Waals surface area (Å²) in [6.45, 7) is 5.56. The number of imide groups is 1. The van der Waals surface area contributed by atoms with E-state index in [9.17, 15) is 14.4 Å². The molecule has 1 aromatic carbocycles. The fraction of sp³-hybridized carbons (Fsp3) is 0.500. The Balaban J connectivity index is 1.89. The summed E-state index contributed by atoms with van der Waals surface area (Å²) in [7, 11) is 0. The highest BCUT2D eigenvalue weighted by molar-refractivity contribution is 14.1. The van der Waals surface area contributed by atoms with Gasteiger partial charge in [-0.2, -0.15) is 0 Å². The fourth-order valence-corrected chi connectivity index (χ4v) is 4.83. The zero-order valence-corrected chi connectivity index (χ0v) is 16.2. The average Bonchev–Trinajstić information content (AvgIpc) is 2.47. The second-order valence-electron chi connectivity index (χ2n) is 7.96. The van der Waals surface area contributed by atoms with Gasteiger partial charge in [-0.25, -0.2) is 0 Å². The van der Waals surface area contributed by atoms with E-state index in [0.29, 0.717) is 19.3 Å². The quantitative estimate of drug-likeness (QED) is 0.549. The molecule has 1 heterocycles. The van der Waals surface area contributed by atoms with Crippen LogP contribution in [0.25, 0.3) is 0 Å². The second-order valence-corrected chi connectivity index (χ2v) is 9.20. The van der Waals surface area contributed by atoms with Crippen molar-refractivity contribution in [3.05, 3.63) is 27.8 Å². The number of fused-ring (bicyclic) bond motifs is 2. The molecule has 2 fully saturated rings. The Morgan fingerprint density at radius 3 is 2.00 bits per heavy atom. The van der Waals surface area contributed by atoms with Gasteiger partial charge in [0.15, 0.2) is 0 Å². The minimum Gasteiger partial charge on any atom is -0.326 e. The third kappa shape index (κ3) is 2.85. The van der Waals surface area contributed by atoms with Gasteiger partial charge in [0.25, 0.3) is 0 Å². The van der Waals surface area contributed by atoms with Gasteiger partial charge in [0, 0.05) is 25.5 Å². The van der Waals surface area contributed by atoms with Gasteiger partial charge < -0.3 is 5.32 Å². The van der Waals surface area contributed by atoms with E-state index in [1.807, 2.05) is 45.0 Å². The lowest BCUT2D eigenvalue weighted by molar-refractivity contribution is -0.163. The molecule has 1 saturated heterocycles. The molecule has 128 valence electrons. The lowest BCUT2D eigenvalue weighted by atomic mass is 9.52. The van der Waals surface area contributed by atoms with E-state index in [4.69, 9.17) is 0 Å². The maximum absolute atomic E-state index is 12.9. The maximum atomic E-state index is 12.9. The van der Waals surface area contributed by atoms with Crippen molar-refractivity contribution in [1.29, 1.82) is 0 Å². The highest BCUT2D eigenvalue weighted by Gasteiger charge is 2.60. The molecule has 2 aliphatic rings. The molecule has 0 aromatic heterocycles. The molecule has 2 N–H and O–H groups in total. The van der Waals surface area contributed by atoms with Crippen LogP contribution in [-0.2, 0) is 14.4 Å². The number of amides is 3. The van der Waals surface area contributed by atoms with Crippen LogP contribution in [-0.4, -0.2) is 17.7 Å². The normalized spacial score (nSPS) is 35.3. The number of anilines is 1. The molecular formula is C18H21IN2O3. The summed E-state index contributed by atoms with van der Waals surface area (Å²) in [6, 6.07) is 7.56. The van der Waals surface area contributed by atoms with Crippen molar-refractivity contribution in [2.75, 3.05) is 5.32 Å². The van der Waals surface area contributed by atoms with E-state index in [1.54, 1.807) is 0 Å². The number of halogens is 1. The molecule has 6 heteroatoms. The fourth-order valence-electron chi connectivity index (χ4n) is 4.47. The predicted molar refractivity (Wildman–Crippen MR) is 99.1 cm³/mol. The summed E-state index contributed by atoms with van der Waals surface area (Å²) < 4.78 is 1.09. The van der Waals surface area contributed by atoms with Crippen LogP contribution < -0.4 is 10.6 Å². The second kappa shape index (κ2) is 5.54. The lowest BCUT2D eigenvalue weighted by Crippen LogP contribution is -2.63. The first kappa shape index (κ1) is 17.4. The molecular weight excluding hydrogens is 419 g/mol. The molecule has 3 rings (SSSR count). The molecule has 1 aliphatic carbocycles. The first-order chi connectivity index (χ1) is 11.1. The highest BCUT2D eigenvalue weighted by atomic mass is 127. The number of rotatable bonds is 2. The Morgan fingerprint density at radius 1 is 1.00 bits per heavy atom. The third-order valence-electron chi connectivity index (χ3n) is 5.31.